The molecule has 0 heterocycles. The van der Waals surface area contributed by atoms with Crippen molar-refractivity contribution in [2.45, 2.75) is 63.1 Å². The smallest absolute Gasteiger partial charge is 0.320 e. The lowest BCUT2D eigenvalue weighted by Crippen LogP contribution is -2.44. The number of aliphatic carboxylic acids is 1. The molecule has 0 aliphatic rings. The Balaban J connectivity index is 4.18. The Bertz CT molecular complexity index is 323. The maximum absolute atomic E-state index is 11.4. The van der Waals surface area contributed by atoms with Gasteiger partial charge in [0.15, 0.2) is 0 Å². The zero-order valence-electron chi connectivity index (χ0n) is 11.3. The summed E-state index contributed by atoms with van der Waals surface area (Å²) in [6.07, 6.45) is -6.13. The fourth-order valence-corrected chi connectivity index (χ4v) is 1.61. The molecule has 0 aromatic rings. The Morgan fingerprint density at radius 2 is 1.55 bits per heavy atom. The molecule has 118 valence electrons. The molecule has 0 aromatic carbocycles. The first-order valence-corrected chi connectivity index (χ1v) is 6.43. The lowest BCUT2D eigenvalue weighted by molar-refractivity contribution is -0.140. The quantitative estimate of drug-likeness (QED) is 0.269. The van der Waals surface area contributed by atoms with Crippen molar-refractivity contribution in [2.24, 2.45) is 5.73 Å². The highest BCUT2D eigenvalue weighted by Gasteiger charge is 2.29. The van der Waals surface area contributed by atoms with Crippen LogP contribution in [0.3, 0.4) is 0 Å². The van der Waals surface area contributed by atoms with Crippen LogP contribution in [0.15, 0.2) is 0 Å². The lowest BCUT2D eigenvalue weighted by atomic mass is 9.96. The maximum Gasteiger partial charge on any atom is 0.320 e. The van der Waals surface area contributed by atoms with Crippen molar-refractivity contribution in [3.63, 3.8) is 0 Å². The number of carboxylic acids is 1. The van der Waals surface area contributed by atoms with E-state index < -0.39 is 42.2 Å². The van der Waals surface area contributed by atoms with Gasteiger partial charge in [0.1, 0.15) is 24.0 Å². The Morgan fingerprint density at radius 3 is 2.00 bits per heavy atom. The van der Waals surface area contributed by atoms with E-state index >= 15 is 0 Å². The molecule has 8 heteroatoms. The number of aliphatic hydroxyl groups excluding tert-OH is 4. The Morgan fingerprint density at radius 1 is 1.05 bits per heavy atom. The average molecular weight is 293 g/mol. The molecule has 0 radical (unpaired) electrons. The zero-order valence-corrected chi connectivity index (χ0v) is 11.3. The van der Waals surface area contributed by atoms with Crippen LogP contribution in [0.2, 0.25) is 0 Å². The van der Waals surface area contributed by atoms with E-state index in [2.05, 4.69) is 0 Å². The minimum Gasteiger partial charge on any atom is -0.480 e. The lowest BCUT2D eigenvalue weighted by Gasteiger charge is -2.25. The number of hydrogen-bond acceptors (Lipinski definition) is 7. The van der Waals surface area contributed by atoms with Gasteiger partial charge < -0.3 is 31.3 Å². The Kier molecular flexibility index (Phi) is 8.51. The number of carbonyl (C=O) groups is 2. The van der Waals surface area contributed by atoms with Gasteiger partial charge in [-0.25, -0.2) is 0 Å². The van der Waals surface area contributed by atoms with Crippen molar-refractivity contribution in [3.8, 4) is 0 Å². The van der Waals surface area contributed by atoms with E-state index in [4.69, 9.17) is 10.8 Å². The van der Waals surface area contributed by atoms with Gasteiger partial charge in [-0.1, -0.05) is 6.92 Å². The second-order valence-electron chi connectivity index (χ2n) is 4.75. The highest BCUT2D eigenvalue weighted by atomic mass is 16.4. The third-order valence-corrected chi connectivity index (χ3v) is 3.04. The summed E-state index contributed by atoms with van der Waals surface area (Å²) >= 11 is 0. The monoisotopic (exact) mass is 293 g/mol. The molecule has 0 aliphatic heterocycles. The number of hydrogen-bond donors (Lipinski definition) is 6. The highest BCUT2D eigenvalue weighted by molar-refractivity contribution is 5.85. The van der Waals surface area contributed by atoms with Gasteiger partial charge in [-0.05, 0) is 12.8 Å². The van der Waals surface area contributed by atoms with E-state index in [1.165, 1.54) is 0 Å². The molecule has 0 bridgehead atoms. The summed E-state index contributed by atoms with van der Waals surface area (Å²) in [5.74, 6) is -1.75. The number of carbonyl (C=O) groups excluding carboxylic acids is 1. The first-order chi connectivity index (χ1) is 9.20. The van der Waals surface area contributed by atoms with Crippen LogP contribution < -0.4 is 5.73 Å². The normalized spacial score (nSPS) is 18.9. The summed E-state index contributed by atoms with van der Waals surface area (Å²) in [5, 5.41) is 46.5. The van der Waals surface area contributed by atoms with Gasteiger partial charge in [0, 0.05) is 12.8 Å². The van der Waals surface area contributed by atoms with Crippen LogP contribution in [0.4, 0.5) is 0 Å². The summed E-state index contributed by atoms with van der Waals surface area (Å²) in [6.45, 7) is 1.60. The number of aliphatic hydroxyl groups is 4. The molecular formula is C12H23NO7. The van der Waals surface area contributed by atoms with Gasteiger partial charge in [0.25, 0.3) is 0 Å². The van der Waals surface area contributed by atoms with Crippen molar-refractivity contribution in [1.82, 2.24) is 0 Å². The predicted molar refractivity (Wildman–Crippen MR) is 68.8 cm³/mol. The molecule has 0 saturated carbocycles. The fraction of sp³-hybridized carbons (Fsp3) is 0.833. The van der Waals surface area contributed by atoms with E-state index in [1.54, 1.807) is 6.92 Å². The van der Waals surface area contributed by atoms with E-state index in [0.717, 1.165) is 0 Å². The third kappa shape index (κ3) is 6.40. The van der Waals surface area contributed by atoms with Gasteiger partial charge >= 0.3 is 5.97 Å². The van der Waals surface area contributed by atoms with E-state index in [9.17, 15) is 30.0 Å². The standard InChI is InChI=1S/C12H23NO7/c1-2-8(15)10(17)11(18)9(16)4-3-6(14)5-7(13)12(19)20/h7-11,15-18H,2-5,13H2,1H3,(H,19,20)/t7?,8-,9+,10-,11-/m1/s1. The van der Waals surface area contributed by atoms with Crippen LogP contribution in [0.25, 0.3) is 0 Å². The molecule has 7 N–H and O–H groups in total. The van der Waals surface area contributed by atoms with E-state index in [1.807, 2.05) is 0 Å². The summed E-state index contributed by atoms with van der Waals surface area (Å²) in [5.41, 5.74) is 5.18. The molecule has 0 rings (SSSR count). The molecule has 0 aromatic heterocycles. The molecule has 5 atom stereocenters. The number of carboxylic acid groups (broad SMARTS) is 1. The van der Waals surface area contributed by atoms with Crippen molar-refractivity contribution < 1.29 is 35.1 Å². The van der Waals surface area contributed by atoms with Gasteiger partial charge in [-0.2, -0.15) is 0 Å². The number of rotatable bonds is 10. The van der Waals surface area contributed by atoms with Crippen LogP contribution in [0, 0.1) is 0 Å². The van der Waals surface area contributed by atoms with Crippen LogP contribution in [0.1, 0.15) is 32.6 Å². The van der Waals surface area contributed by atoms with Crippen molar-refractivity contribution in [1.29, 1.82) is 0 Å². The SMILES string of the molecule is CC[C@@H](O)[C@@H](O)[C@H](O)[C@@H](O)CCC(=O)CC(N)C(=O)O. The number of nitrogens with two attached hydrogens (primary N) is 1. The summed E-state index contributed by atoms with van der Waals surface area (Å²) in [7, 11) is 0. The third-order valence-electron chi connectivity index (χ3n) is 3.04. The van der Waals surface area contributed by atoms with Crippen LogP contribution >= 0.6 is 0 Å². The molecule has 0 spiro atoms. The summed E-state index contributed by atoms with van der Waals surface area (Å²) in [4.78, 5) is 21.8. The molecule has 0 fully saturated rings. The minimum atomic E-state index is -1.58. The summed E-state index contributed by atoms with van der Waals surface area (Å²) < 4.78 is 0. The van der Waals surface area contributed by atoms with Gasteiger partial charge in [-0.3, -0.25) is 9.59 Å². The molecule has 20 heavy (non-hydrogen) atoms. The number of ketones is 1. The fourth-order valence-electron chi connectivity index (χ4n) is 1.61. The van der Waals surface area contributed by atoms with Crippen molar-refractivity contribution in [2.75, 3.05) is 0 Å². The van der Waals surface area contributed by atoms with Crippen molar-refractivity contribution >= 4 is 11.8 Å². The molecule has 0 saturated heterocycles. The second-order valence-corrected chi connectivity index (χ2v) is 4.75. The Hall–Kier alpha value is -1.06. The molecule has 0 aliphatic carbocycles. The molecule has 1 unspecified atom stereocenters. The van der Waals surface area contributed by atoms with Crippen molar-refractivity contribution in [3.05, 3.63) is 0 Å². The van der Waals surface area contributed by atoms with Crippen LogP contribution in [0.5, 0.6) is 0 Å². The first-order valence-electron chi connectivity index (χ1n) is 6.43. The predicted octanol–water partition coefficient (Wildman–Crippen LogP) is -2.01. The average Bonchev–Trinajstić information content (AvgIpc) is 2.41. The summed E-state index contributed by atoms with van der Waals surface area (Å²) in [6, 6.07) is -1.29. The maximum atomic E-state index is 11.4. The van der Waals surface area contributed by atoms with Gasteiger partial charge in [-0.15, -0.1) is 0 Å². The highest BCUT2D eigenvalue weighted by Crippen LogP contribution is 2.12. The first kappa shape index (κ1) is 18.9. The molecule has 8 nitrogen and oxygen atoms in total. The van der Waals surface area contributed by atoms with Gasteiger partial charge in [0.05, 0.1) is 12.2 Å². The Labute approximate surface area is 116 Å². The van der Waals surface area contributed by atoms with Crippen LogP contribution in [-0.4, -0.2) is 67.7 Å². The number of Topliss-reactive ketones (excluding diaryl/α,β-unsaturated/α-hetero) is 1. The van der Waals surface area contributed by atoms with E-state index in [-0.39, 0.29) is 25.7 Å². The van der Waals surface area contributed by atoms with Gasteiger partial charge in [0.2, 0.25) is 0 Å². The van der Waals surface area contributed by atoms with E-state index in [0.29, 0.717) is 0 Å². The molecule has 0 amide bonds. The second kappa shape index (κ2) is 8.98. The largest absolute Gasteiger partial charge is 0.480 e. The molecular weight excluding hydrogens is 270 g/mol. The van der Waals surface area contributed by atoms with Crippen LogP contribution in [-0.2, 0) is 9.59 Å². The topological polar surface area (TPSA) is 161 Å². The zero-order chi connectivity index (χ0) is 15.9. The minimum absolute atomic E-state index is 0.153.